The predicted molar refractivity (Wildman–Crippen MR) is 114 cm³/mol. The fourth-order valence-corrected chi connectivity index (χ4v) is 3.04. The summed E-state index contributed by atoms with van der Waals surface area (Å²) in [5.74, 6) is 0. The molecule has 0 saturated heterocycles. The smallest absolute Gasteiger partial charge is 0.169 e. The van der Waals surface area contributed by atoms with Crippen LogP contribution in [0.25, 0.3) is 12.2 Å². The van der Waals surface area contributed by atoms with Gasteiger partial charge in [-0.15, -0.1) is 0 Å². The molecule has 0 spiro atoms. The van der Waals surface area contributed by atoms with Crippen molar-refractivity contribution in [2.24, 2.45) is 0 Å². The normalized spacial score (nSPS) is 11.2. The summed E-state index contributed by atoms with van der Waals surface area (Å²) < 4.78 is 2.23. The molecule has 140 valence electrons. The molecule has 0 amide bonds. The van der Waals surface area contributed by atoms with Gasteiger partial charge in [0.1, 0.15) is 6.54 Å². The van der Waals surface area contributed by atoms with E-state index in [0.717, 1.165) is 19.6 Å². The summed E-state index contributed by atoms with van der Waals surface area (Å²) in [6, 6.07) is 13.4. The maximum absolute atomic E-state index is 2.53. The van der Waals surface area contributed by atoms with Crippen LogP contribution in [-0.2, 0) is 6.54 Å². The summed E-state index contributed by atoms with van der Waals surface area (Å²) in [7, 11) is 0. The van der Waals surface area contributed by atoms with Crippen molar-refractivity contribution in [1.82, 2.24) is 0 Å². The van der Waals surface area contributed by atoms with E-state index in [2.05, 4.69) is 91.2 Å². The molecule has 1 aromatic carbocycles. The molecule has 0 unspecified atom stereocenters. The Bertz CT molecular complexity index is 633. The monoisotopic (exact) mass is 351 g/mol. The highest BCUT2D eigenvalue weighted by molar-refractivity contribution is 5.70. The van der Waals surface area contributed by atoms with Crippen molar-refractivity contribution in [3.63, 3.8) is 0 Å². The first-order valence-corrected chi connectivity index (χ1v) is 10.3. The summed E-state index contributed by atoms with van der Waals surface area (Å²) in [5, 5.41) is 0. The molecule has 0 atom stereocenters. The number of hydrogen-bond donors (Lipinski definition) is 0. The van der Waals surface area contributed by atoms with Crippen molar-refractivity contribution in [2.45, 2.75) is 59.4 Å². The van der Waals surface area contributed by atoms with Crippen LogP contribution in [0.15, 0.2) is 48.8 Å². The minimum atomic E-state index is 1.08. The number of nitrogens with zero attached hydrogens (tertiary/aromatic N) is 2. The number of unbranched alkanes of at least 4 members (excludes halogenated alkanes) is 2. The number of aromatic nitrogens is 1. The number of benzene rings is 1. The van der Waals surface area contributed by atoms with Crippen molar-refractivity contribution in [3.8, 4) is 0 Å². The van der Waals surface area contributed by atoms with E-state index in [1.165, 1.54) is 48.9 Å². The molecule has 0 aliphatic rings. The second kappa shape index (κ2) is 11.5. The molecule has 0 N–H and O–H groups in total. The van der Waals surface area contributed by atoms with Crippen LogP contribution in [0.2, 0.25) is 0 Å². The summed E-state index contributed by atoms with van der Waals surface area (Å²) in [5.41, 5.74) is 3.85. The average molecular weight is 352 g/mol. The topological polar surface area (TPSA) is 7.12 Å². The second-order valence-corrected chi connectivity index (χ2v) is 6.99. The Morgan fingerprint density at radius 1 is 0.731 bits per heavy atom. The highest BCUT2D eigenvalue weighted by Gasteiger charge is 2.05. The van der Waals surface area contributed by atoms with E-state index in [4.69, 9.17) is 0 Å². The molecule has 0 bridgehead atoms. The van der Waals surface area contributed by atoms with Crippen LogP contribution in [-0.4, -0.2) is 13.1 Å². The third-order valence-electron chi connectivity index (χ3n) is 4.69. The lowest BCUT2D eigenvalue weighted by Crippen LogP contribution is -2.31. The SMILES string of the molecule is CCCCN(CCCC)c1ccc(C=Cc2cc[n+](CCC)cc2)cc1. The Balaban J connectivity index is 2.00. The van der Waals surface area contributed by atoms with Gasteiger partial charge < -0.3 is 4.90 Å². The highest BCUT2D eigenvalue weighted by atomic mass is 15.1. The van der Waals surface area contributed by atoms with E-state index in [1.807, 2.05) is 0 Å². The molecule has 2 heteroatoms. The summed E-state index contributed by atoms with van der Waals surface area (Å²) in [6.07, 6.45) is 14.9. The van der Waals surface area contributed by atoms with Crippen LogP contribution in [0.1, 0.15) is 64.0 Å². The maximum atomic E-state index is 2.53. The number of hydrogen-bond acceptors (Lipinski definition) is 1. The van der Waals surface area contributed by atoms with E-state index >= 15 is 0 Å². The van der Waals surface area contributed by atoms with Gasteiger partial charge in [-0.05, 0) is 36.1 Å². The van der Waals surface area contributed by atoms with Gasteiger partial charge in [-0.25, -0.2) is 4.57 Å². The molecule has 2 rings (SSSR count). The van der Waals surface area contributed by atoms with Crippen molar-refractivity contribution < 1.29 is 4.57 Å². The molecule has 1 aromatic heterocycles. The standard InChI is InChI=1S/C24H35N2/c1-4-7-18-26(19-8-5-2)24-13-11-22(12-14-24)9-10-23-15-20-25(17-6-3)21-16-23/h9-16,20-21H,4-8,17-19H2,1-3H3/q+1. The summed E-state index contributed by atoms with van der Waals surface area (Å²) in [6.45, 7) is 10.1. The third-order valence-corrected chi connectivity index (χ3v) is 4.69. The summed E-state index contributed by atoms with van der Waals surface area (Å²) in [4.78, 5) is 2.53. The van der Waals surface area contributed by atoms with Gasteiger partial charge in [0.25, 0.3) is 0 Å². The van der Waals surface area contributed by atoms with Gasteiger partial charge in [0.05, 0.1) is 0 Å². The van der Waals surface area contributed by atoms with Crippen LogP contribution >= 0.6 is 0 Å². The largest absolute Gasteiger partial charge is 0.372 e. The summed E-state index contributed by atoms with van der Waals surface area (Å²) >= 11 is 0. The zero-order chi connectivity index (χ0) is 18.6. The first-order valence-electron chi connectivity index (χ1n) is 10.3. The maximum Gasteiger partial charge on any atom is 0.169 e. The van der Waals surface area contributed by atoms with Gasteiger partial charge in [-0.2, -0.15) is 0 Å². The van der Waals surface area contributed by atoms with Crippen LogP contribution in [0.3, 0.4) is 0 Å². The Morgan fingerprint density at radius 3 is 1.77 bits per heavy atom. The third kappa shape index (κ3) is 6.67. The minimum absolute atomic E-state index is 1.08. The molecular formula is C24H35N2+. The molecule has 2 aromatic rings. The number of rotatable bonds is 11. The number of pyridine rings is 1. The predicted octanol–water partition coefficient (Wildman–Crippen LogP) is 5.96. The number of aryl methyl sites for hydroxylation is 1. The van der Waals surface area contributed by atoms with Gasteiger partial charge >= 0.3 is 0 Å². The van der Waals surface area contributed by atoms with Gasteiger partial charge in [-0.1, -0.05) is 57.9 Å². The Hall–Kier alpha value is -2.09. The Morgan fingerprint density at radius 2 is 1.27 bits per heavy atom. The van der Waals surface area contributed by atoms with Crippen molar-refractivity contribution in [2.75, 3.05) is 18.0 Å². The van der Waals surface area contributed by atoms with Gasteiger partial charge in [0.15, 0.2) is 12.4 Å². The molecule has 2 nitrogen and oxygen atoms in total. The molecule has 0 radical (unpaired) electrons. The minimum Gasteiger partial charge on any atom is -0.372 e. The van der Waals surface area contributed by atoms with Gasteiger partial charge in [0.2, 0.25) is 0 Å². The van der Waals surface area contributed by atoms with Crippen LogP contribution < -0.4 is 9.47 Å². The lowest BCUT2D eigenvalue weighted by atomic mass is 10.1. The fourth-order valence-electron chi connectivity index (χ4n) is 3.04. The van der Waals surface area contributed by atoms with Gasteiger partial charge in [0, 0.05) is 37.3 Å². The lowest BCUT2D eigenvalue weighted by Gasteiger charge is -2.24. The van der Waals surface area contributed by atoms with E-state index in [0.29, 0.717) is 0 Å². The molecule has 0 fully saturated rings. The Kier molecular flexibility index (Phi) is 8.95. The fraction of sp³-hybridized carbons (Fsp3) is 0.458. The van der Waals surface area contributed by atoms with Crippen molar-refractivity contribution in [3.05, 3.63) is 59.9 Å². The highest BCUT2D eigenvalue weighted by Crippen LogP contribution is 2.18. The average Bonchev–Trinajstić information content (AvgIpc) is 2.68. The van der Waals surface area contributed by atoms with Crippen LogP contribution in [0.5, 0.6) is 0 Å². The number of anilines is 1. The zero-order valence-corrected chi connectivity index (χ0v) is 16.8. The Labute approximate surface area is 160 Å². The second-order valence-electron chi connectivity index (χ2n) is 6.99. The molecule has 0 aliphatic heterocycles. The van der Waals surface area contributed by atoms with E-state index in [9.17, 15) is 0 Å². The first-order chi connectivity index (χ1) is 12.8. The van der Waals surface area contributed by atoms with Crippen molar-refractivity contribution in [1.29, 1.82) is 0 Å². The van der Waals surface area contributed by atoms with Crippen LogP contribution in [0, 0.1) is 0 Å². The molecule has 1 heterocycles. The quantitative estimate of drug-likeness (QED) is 0.453. The lowest BCUT2D eigenvalue weighted by molar-refractivity contribution is -0.697. The van der Waals surface area contributed by atoms with E-state index in [1.54, 1.807) is 0 Å². The molecular weight excluding hydrogens is 316 g/mol. The van der Waals surface area contributed by atoms with E-state index < -0.39 is 0 Å². The van der Waals surface area contributed by atoms with E-state index in [-0.39, 0.29) is 0 Å². The van der Waals surface area contributed by atoms with Crippen LogP contribution in [0.4, 0.5) is 5.69 Å². The van der Waals surface area contributed by atoms with Crippen molar-refractivity contribution >= 4 is 17.8 Å². The first kappa shape index (κ1) is 20.2. The molecule has 0 saturated carbocycles. The van der Waals surface area contributed by atoms with Gasteiger partial charge in [-0.3, -0.25) is 0 Å². The molecule has 0 aliphatic carbocycles. The zero-order valence-electron chi connectivity index (χ0n) is 16.8. The molecule has 26 heavy (non-hydrogen) atoms.